The predicted molar refractivity (Wildman–Crippen MR) is 107 cm³/mol. The Bertz CT molecular complexity index is 769. The maximum absolute atomic E-state index is 13.6. The van der Waals surface area contributed by atoms with E-state index in [0.29, 0.717) is 32.7 Å². The minimum Gasteiger partial charge on any atom is -0.390 e. The molecule has 1 heterocycles. The summed E-state index contributed by atoms with van der Waals surface area (Å²) in [5.41, 5.74) is 2.83. The number of oxime groups is 1. The highest BCUT2D eigenvalue weighted by atomic mass is 19.1. The van der Waals surface area contributed by atoms with Crippen molar-refractivity contribution in [2.45, 2.75) is 32.1 Å². The lowest BCUT2D eigenvalue weighted by Gasteiger charge is -2.27. The Morgan fingerprint density at radius 2 is 2.07 bits per heavy atom. The minimum absolute atomic E-state index is 0.108. The van der Waals surface area contributed by atoms with Crippen LogP contribution in [-0.2, 0) is 16.1 Å². The van der Waals surface area contributed by atoms with E-state index in [2.05, 4.69) is 10.1 Å². The summed E-state index contributed by atoms with van der Waals surface area (Å²) in [4.78, 5) is 7.70. The third kappa shape index (κ3) is 6.12. The Labute approximate surface area is 165 Å². The van der Waals surface area contributed by atoms with Gasteiger partial charge in [-0.1, -0.05) is 47.6 Å². The standard InChI is InChI=1S/C22H27FN2O3/c1-2-27-16-20(26)14-25(13-17-7-6-10-19(23)11-17)15-21-12-22(24-28-21)18-8-4-3-5-9-18/h3-11,20-21,26H,2,12-16H2,1H3/t20-,21-/m0/s1. The van der Waals surface area contributed by atoms with E-state index in [0.717, 1.165) is 16.8 Å². The average Bonchev–Trinajstić information content (AvgIpc) is 3.15. The molecule has 2 atom stereocenters. The zero-order valence-electron chi connectivity index (χ0n) is 16.1. The van der Waals surface area contributed by atoms with Crippen molar-refractivity contribution in [2.75, 3.05) is 26.3 Å². The molecule has 0 aliphatic carbocycles. The van der Waals surface area contributed by atoms with Crippen molar-refractivity contribution >= 4 is 5.71 Å². The second-order valence-electron chi connectivity index (χ2n) is 6.97. The quantitative estimate of drug-likeness (QED) is 0.681. The van der Waals surface area contributed by atoms with Gasteiger partial charge in [0.1, 0.15) is 11.9 Å². The van der Waals surface area contributed by atoms with Gasteiger partial charge in [-0.2, -0.15) is 0 Å². The summed E-state index contributed by atoms with van der Waals surface area (Å²) in [5, 5.41) is 14.5. The second kappa shape index (κ2) is 10.3. The number of benzene rings is 2. The lowest BCUT2D eigenvalue weighted by Crippen LogP contribution is -2.39. The van der Waals surface area contributed by atoms with Crippen LogP contribution in [0.5, 0.6) is 0 Å². The Hall–Kier alpha value is -2.28. The lowest BCUT2D eigenvalue weighted by molar-refractivity contribution is 0.000479. The zero-order chi connectivity index (χ0) is 19.8. The molecule has 2 aromatic carbocycles. The van der Waals surface area contributed by atoms with E-state index in [-0.39, 0.29) is 18.5 Å². The van der Waals surface area contributed by atoms with E-state index in [1.165, 1.54) is 12.1 Å². The SMILES string of the molecule is CCOC[C@@H](O)CN(Cc1cccc(F)c1)C[C@@H]1CC(c2ccccc2)=NO1. The van der Waals surface area contributed by atoms with Crippen molar-refractivity contribution in [3.8, 4) is 0 Å². The van der Waals surface area contributed by atoms with Crippen molar-refractivity contribution in [1.82, 2.24) is 4.90 Å². The average molecular weight is 386 g/mol. The normalized spacial score (nSPS) is 17.4. The summed E-state index contributed by atoms with van der Waals surface area (Å²) >= 11 is 0. The van der Waals surface area contributed by atoms with E-state index >= 15 is 0 Å². The maximum Gasteiger partial charge on any atom is 0.145 e. The van der Waals surface area contributed by atoms with Crippen LogP contribution in [0.15, 0.2) is 59.8 Å². The van der Waals surface area contributed by atoms with Gasteiger partial charge in [-0.3, -0.25) is 4.90 Å². The third-order valence-corrected chi connectivity index (χ3v) is 4.58. The molecule has 0 aromatic heterocycles. The summed E-state index contributed by atoms with van der Waals surface area (Å²) in [5.74, 6) is -0.265. The van der Waals surface area contributed by atoms with Crippen molar-refractivity contribution in [2.24, 2.45) is 5.16 Å². The van der Waals surface area contributed by atoms with Gasteiger partial charge in [0.25, 0.3) is 0 Å². The Kier molecular flexibility index (Phi) is 7.54. The number of nitrogens with zero attached hydrogens (tertiary/aromatic N) is 2. The molecule has 6 heteroatoms. The van der Waals surface area contributed by atoms with Crippen molar-refractivity contribution in [3.63, 3.8) is 0 Å². The summed E-state index contributed by atoms with van der Waals surface area (Å²) in [6.45, 7) is 4.23. The molecule has 150 valence electrons. The third-order valence-electron chi connectivity index (χ3n) is 4.58. The molecule has 2 aromatic rings. The first-order valence-corrected chi connectivity index (χ1v) is 9.64. The zero-order valence-corrected chi connectivity index (χ0v) is 16.1. The maximum atomic E-state index is 13.6. The molecule has 28 heavy (non-hydrogen) atoms. The fraction of sp³-hybridized carbons (Fsp3) is 0.409. The monoisotopic (exact) mass is 386 g/mol. The van der Waals surface area contributed by atoms with E-state index in [1.54, 1.807) is 6.07 Å². The minimum atomic E-state index is -0.621. The highest BCUT2D eigenvalue weighted by molar-refractivity contribution is 6.01. The number of rotatable bonds is 10. The van der Waals surface area contributed by atoms with E-state index in [4.69, 9.17) is 9.57 Å². The van der Waals surface area contributed by atoms with E-state index in [9.17, 15) is 9.50 Å². The van der Waals surface area contributed by atoms with Gasteiger partial charge in [0.15, 0.2) is 0 Å². The van der Waals surface area contributed by atoms with Gasteiger partial charge in [-0.25, -0.2) is 4.39 Å². The number of aliphatic hydroxyl groups is 1. The largest absolute Gasteiger partial charge is 0.390 e. The number of aliphatic hydroxyl groups excluding tert-OH is 1. The number of ether oxygens (including phenoxy) is 1. The first-order chi connectivity index (χ1) is 13.6. The molecule has 0 radical (unpaired) electrons. The predicted octanol–water partition coefficient (Wildman–Crippen LogP) is 3.22. The fourth-order valence-corrected chi connectivity index (χ4v) is 3.32. The van der Waals surface area contributed by atoms with Crippen molar-refractivity contribution in [3.05, 3.63) is 71.5 Å². The molecule has 0 amide bonds. The Balaban J connectivity index is 1.62. The van der Waals surface area contributed by atoms with Gasteiger partial charge in [0, 0.05) is 32.7 Å². The molecular formula is C22H27FN2O3. The first kappa shape index (κ1) is 20.5. The van der Waals surface area contributed by atoms with E-state index in [1.807, 2.05) is 43.3 Å². The number of hydrogen-bond acceptors (Lipinski definition) is 5. The van der Waals surface area contributed by atoms with Crippen LogP contribution < -0.4 is 0 Å². The van der Waals surface area contributed by atoms with Crippen LogP contribution in [0.1, 0.15) is 24.5 Å². The van der Waals surface area contributed by atoms with Gasteiger partial charge >= 0.3 is 0 Å². The van der Waals surface area contributed by atoms with Gasteiger partial charge in [0.05, 0.1) is 18.4 Å². The summed E-state index contributed by atoms with van der Waals surface area (Å²) < 4.78 is 18.9. The lowest BCUT2D eigenvalue weighted by atomic mass is 10.0. The number of hydrogen-bond donors (Lipinski definition) is 1. The van der Waals surface area contributed by atoms with Crippen LogP contribution in [0, 0.1) is 5.82 Å². The van der Waals surface area contributed by atoms with Crippen LogP contribution in [-0.4, -0.2) is 54.2 Å². The highest BCUT2D eigenvalue weighted by Gasteiger charge is 2.25. The van der Waals surface area contributed by atoms with Crippen LogP contribution in [0.25, 0.3) is 0 Å². The number of halogens is 1. The van der Waals surface area contributed by atoms with Crippen LogP contribution in [0.3, 0.4) is 0 Å². The van der Waals surface area contributed by atoms with Crippen LogP contribution in [0.2, 0.25) is 0 Å². The summed E-state index contributed by atoms with van der Waals surface area (Å²) in [6.07, 6.45) is -0.0296. The molecule has 0 fully saturated rings. The summed E-state index contributed by atoms with van der Waals surface area (Å²) in [6, 6.07) is 16.5. The molecule has 0 bridgehead atoms. The fourth-order valence-electron chi connectivity index (χ4n) is 3.32. The highest BCUT2D eigenvalue weighted by Crippen LogP contribution is 2.19. The van der Waals surface area contributed by atoms with Crippen molar-refractivity contribution in [1.29, 1.82) is 0 Å². The smallest absolute Gasteiger partial charge is 0.145 e. The van der Waals surface area contributed by atoms with Gasteiger partial charge in [-0.05, 0) is 30.2 Å². The van der Waals surface area contributed by atoms with Crippen LogP contribution >= 0.6 is 0 Å². The van der Waals surface area contributed by atoms with Gasteiger partial charge < -0.3 is 14.7 Å². The van der Waals surface area contributed by atoms with Crippen LogP contribution in [0.4, 0.5) is 4.39 Å². The molecule has 1 N–H and O–H groups in total. The molecular weight excluding hydrogens is 359 g/mol. The molecule has 1 aliphatic rings. The molecule has 0 spiro atoms. The molecule has 0 unspecified atom stereocenters. The molecule has 1 aliphatic heterocycles. The molecule has 3 rings (SSSR count). The Morgan fingerprint density at radius 1 is 1.25 bits per heavy atom. The van der Waals surface area contributed by atoms with E-state index < -0.39 is 6.10 Å². The molecule has 5 nitrogen and oxygen atoms in total. The second-order valence-corrected chi connectivity index (χ2v) is 6.97. The Morgan fingerprint density at radius 3 is 2.82 bits per heavy atom. The first-order valence-electron chi connectivity index (χ1n) is 9.64. The van der Waals surface area contributed by atoms with Crippen molar-refractivity contribution < 1.29 is 19.1 Å². The molecule has 0 saturated carbocycles. The van der Waals surface area contributed by atoms with Gasteiger partial charge in [0.2, 0.25) is 0 Å². The topological polar surface area (TPSA) is 54.3 Å². The molecule has 0 saturated heterocycles. The van der Waals surface area contributed by atoms with Gasteiger partial charge in [-0.15, -0.1) is 0 Å². The summed E-state index contributed by atoms with van der Waals surface area (Å²) in [7, 11) is 0.